The van der Waals surface area contributed by atoms with E-state index in [-0.39, 0.29) is 6.03 Å². The van der Waals surface area contributed by atoms with E-state index in [9.17, 15) is 9.59 Å². The highest BCUT2D eigenvalue weighted by atomic mass is 79.9. The third-order valence-electron chi connectivity index (χ3n) is 3.01. The Morgan fingerprint density at radius 3 is 3.00 bits per heavy atom. The number of carboxylic acids is 1. The number of halogens is 1. The minimum atomic E-state index is -0.949. The van der Waals surface area contributed by atoms with Crippen molar-refractivity contribution in [1.29, 1.82) is 0 Å². The van der Waals surface area contributed by atoms with E-state index in [2.05, 4.69) is 21.2 Å². The van der Waals surface area contributed by atoms with Crippen LogP contribution < -0.4 is 5.32 Å². The average molecular weight is 359 g/mol. The van der Waals surface area contributed by atoms with Crippen LogP contribution in [0.1, 0.15) is 5.56 Å². The van der Waals surface area contributed by atoms with E-state index in [1.54, 1.807) is 11.8 Å². The molecule has 0 radical (unpaired) electrons. The molecule has 7 heteroatoms. The van der Waals surface area contributed by atoms with E-state index >= 15 is 0 Å². The van der Waals surface area contributed by atoms with Crippen molar-refractivity contribution in [2.24, 2.45) is 0 Å². The summed E-state index contributed by atoms with van der Waals surface area (Å²) in [5.74, 6) is 0.267. The maximum atomic E-state index is 12.1. The summed E-state index contributed by atoms with van der Waals surface area (Å²) in [5.41, 5.74) is 0.964. The third kappa shape index (κ3) is 3.89. The van der Waals surface area contributed by atoms with Gasteiger partial charge in [0.2, 0.25) is 0 Å². The highest BCUT2D eigenvalue weighted by Gasteiger charge is 2.32. The summed E-state index contributed by atoms with van der Waals surface area (Å²) in [7, 11) is 0. The summed E-state index contributed by atoms with van der Waals surface area (Å²) >= 11 is 4.93. The average Bonchev–Trinajstić information content (AvgIpc) is 2.45. The van der Waals surface area contributed by atoms with Crippen molar-refractivity contribution in [3.8, 4) is 0 Å². The molecule has 1 heterocycles. The molecule has 1 atom stereocenters. The quantitative estimate of drug-likeness (QED) is 0.868. The fourth-order valence-corrected chi connectivity index (χ4v) is 3.46. The number of benzene rings is 1. The maximum absolute atomic E-state index is 12.1. The molecule has 0 aromatic heterocycles. The number of hydrogen-bond acceptors (Lipinski definition) is 3. The van der Waals surface area contributed by atoms with Gasteiger partial charge in [-0.2, -0.15) is 11.8 Å². The molecule has 0 saturated carbocycles. The van der Waals surface area contributed by atoms with E-state index in [1.165, 1.54) is 4.90 Å². The van der Waals surface area contributed by atoms with Gasteiger partial charge in [-0.3, -0.25) is 0 Å². The summed E-state index contributed by atoms with van der Waals surface area (Å²) in [6.45, 7) is 0.847. The second kappa shape index (κ2) is 6.99. The van der Waals surface area contributed by atoms with Crippen LogP contribution in [0.3, 0.4) is 0 Å². The van der Waals surface area contributed by atoms with Crippen molar-refractivity contribution in [3.63, 3.8) is 0 Å². The molecule has 0 bridgehead atoms. The normalized spacial score (nSPS) is 18.6. The van der Waals surface area contributed by atoms with E-state index in [1.807, 2.05) is 24.3 Å². The zero-order valence-electron chi connectivity index (χ0n) is 10.7. The molecule has 1 fully saturated rings. The molecule has 1 saturated heterocycles. The summed E-state index contributed by atoms with van der Waals surface area (Å²) in [4.78, 5) is 24.6. The van der Waals surface area contributed by atoms with Gasteiger partial charge in [-0.05, 0) is 17.7 Å². The van der Waals surface area contributed by atoms with Crippen molar-refractivity contribution < 1.29 is 14.7 Å². The lowest BCUT2D eigenvalue weighted by Crippen LogP contribution is -2.53. The number of thioether (sulfide) groups is 1. The predicted molar refractivity (Wildman–Crippen MR) is 81.8 cm³/mol. The predicted octanol–water partition coefficient (Wildman–Crippen LogP) is 2.16. The van der Waals surface area contributed by atoms with Gasteiger partial charge in [0.15, 0.2) is 0 Å². The van der Waals surface area contributed by atoms with Crippen LogP contribution in [-0.2, 0) is 11.3 Å². The van der Waals surface area contributed by atoms with E-state index in [0.717, 1.165) is 15.8 Å². The standard InChI is InChI=1S/C13H15BrN2O3S/c14-10-3-1-2-9(6-10)7-15-13(19)16-4-5-20-8-11(16)12(17)18/h1-3,6,11H,4-5,7-8H2,(H,15,19)(H,17,18). The minimum absolute atomic E-state index is 0.322. The number of amides is 2. The Kier molecular flexibility index (Phi) is 5.31. The molecule has 2 rings (SSSR count). The second-order valence-corrected chi connectivity index (χ2v) is 6.48. The van der Waals surface area contributed by atoms with Crippen molar-refractivity contribution in [3.05, 3.63) is 34.3 Å². The van der Waals surface area contributed by atoms with Gasteiger partial charge in [-0.25, -0.2) is 9.59 Å². The number of urea groups is 1. The Morgan fingerprint density at radius 1 is 1.50 bits per heavy atom. The Labute approximate surface area is 129 Å². The number of hydrogen-bond donors (Lipinski definition) is 2. The smallest absolute Gasteiger partial charge is 0.327 e. The first-order valence-corrected chi connectivity index (χ1v) is 8.12. The zero-order valence-corrected chi connectivity index (χ0v) is 13.1. The van der Waals surface area contributed by atoms with Gasteiger partial charge in [0, 0.05) is 29.1 Å². The van der Waals surface area contributed by atoms with Crippen LogP contribution >= 0.6 is 27.7 Å². The van der Waals surface area contributed by atoms with Gasteiger partial charge in [0.25, 0.3) is 0 Å². The largest absolute Gasteiger partial charge is 0.480 e. The second-order valence-electron chi connectivity index (χ2n) is 4.41. The van der Waals surface area contributed by atoms with Gasteiger partial charge < -0.3 is 15.3 Å². The molecule has 108 valence electrons. The first-order chi connectivity index (χ1) is 9.58. The van der Waals surface area contributed by atoms with E-state index in [4.69, 9.17) is 5.11 Å². The SMILES string of the molecule is O=C(O)C1CSCCN1C(=O)NCc1cccc(Br)c1. The van der Waals surface area contributed by atoms with Crippen molar-refractivity contribution in [2.45, 2.75) is 12.6 Å². The lowest BCUT2D eigenvalue weighted by Gasteiger charge is -2.32. The van der Waals surface area contributed by atoms with Crippen LogP contribution in [0.2, 0.25) is 0 Å². The topological polar surface area (TPSA) is 69.6 Å². The number of carbonyl (C=O) groups excluding carboxylic acids is 1. The first-order valence-electron chi connectivity index (χ1n) is 6.17. The van der Waals surface area contributed by atoms with Crippen LogP contribution in [0.25, 0.3) is 0 Å². The number of aliphatic carboxylic acids is 1. The molecule has 1 aromatic carbocycles. The van der Waals surface area contributed by atoms with E-state index < -0.39 is 12.0 Å². The van der Waals surface area contributed by atoms with Crippen molar-refractivity contribution in [1.82, 2.24) is 10.2 Å². The van der Waals surface area contributed by atoms with Gasteiger partial charge in [0.1, 0.15) is 6.04 Å². The molecule has 1 aliphatic heterocycles. The Morgan fingerprint density at radius 2 is 2.30 bits per heavy atom. The number of nitrogens with zero attached hydrogens (tertiary/aromatic N) is 1. The van der Waals surface area contributed by atoms with Crippen molar-refractivity contribution >= 4 is 39.7 Å². The summed E-state index contributed by atoms with van der Waals surface area (Å²) in [5, 5.41) is 11.9. The Hall–Kier alpha value is -1.21. The minimum Gasteiger partial charge on any atom is -0.480 e. The number of rotatable bonds is 3. The highest BCUT2D eigenvalue weighted by molar-refractivity contribution is 9.10. The molecule has 1 aliphatic rings. The fourth-order valence-electron chi connectivity index (χ4n) is 1.98. The molecule has 1 aromatic rings. The zero-order chi connectivity index (χ0) is 14.5. The van der Waals surface area contributed by atoms with Crippen LogP contribution in [0.4, 0.5) is 4.79 Å². The summed E-state index contributed by atoms with van der Waals surface area (Å²) < 4.78 is 0.946. The molecule has 1 unspecified atom stereocenters. The molecule has 2 N–H and O–H groups in total. The Bertz CT molecular complexity index is 512. The molecule has 2 amide bonds. The van der Waals surface area contributed by atoms with Gasteiger partial charge >= 0.3 is 12.0 Å². The fraction of sp³-hybridized carbons (Fsp3) is 0.385. The van der Waals surface area contributed by atoms with Crippen LogP contribution in [0, 0.1) is 0 Å². The highest BCUT2D eigenvalue weighted by Crippen LogP contribution is 2.17. The van der Waals surface area contributed by atoms with E-state index in [0.29, 0.717) is 18.8 Å². The number of nitrogens with one attached hydrogen (secondary N) is 1. The lowest BCUT2D eigenvalue weighted by molar-refractivity contribution is -0.141. The molecule has 0 spiro atoms. The first kappa shape index (κ1) is 15.2. The number of carboxylic acid groups (broad SMARTS) is 1. The molecular formula is C13H15BrN2O3S. The third-order valence-corrected chi connectivity index (χ3v) is 4.52. The van der Waals surface area contributed by atoms with Crippen LogP contribution in [0.15, 0.2) is 28.7 Å². The summed E-state index contributed by atoms with van der Waals surface area (Å²) in [6.07, 6.45) is 0. The van der Waals surface area contributed by atoms with Crippen LogP contribution in [0.5, 0.6) is 0 Å². The molecule has 0 aliphatic carbocycles. The molecular weight excluding hydrogens is 344 g/mol. The summed E-state index contributed by atoms with van der Waals surface area (Å²) in [6, 6.07) is 6.57. The van der Waals surface area contributed by atoms with Crippen molar-refractivity contribution in [2.75, 3.05) is 18.1 Å². The monoisotopic (exact) mass is 358 g/mol. The van der Waals surface area contributed by atoms with Gasteiger partial charge in [0.05, 0.1) is 0 Å². The lowest BCUT2D eigenvalue weighted by atomic mass is 10.2. The number of carbonyl (C=O) groups is 2. The molecule has 20 heavy (non-hydrogen) atoms. The Balaban J connectivity index is 1.95. The van der Waals surface area contributed by atoms with Crippen LogP contribution in [-0.4, -0.2) is 46.1 Å². The molecule has 5 nitrogen and oxygen atoms in total. The van der Waals surface area contributed by atoms with Gasteiger partial charge in [-0.1, -0.05) is 28.1 Å². The maximum Gasteiger partial charge on any atom is 0.327 e. The van der Waals surface area contributed by atoms with Gasteiger partial charge in [-0.15, -0.1) is 0 Å².